The zero-order chi connectivity index (χ0) is 22.1. The number of fused-ring (bicyclic) bond motifs is 2. The van der Waals surface area contributed by atoms with Crippen LogP contribution in [0.2, 0.25) is 0 Å². The Morgan fingerprint density at radius 2 is 1.71 bits per heavy atom. The maximum atomic E-state index is 13.4. The van der Waals surface area contributed by atoms with Gasteiger partial charge in [-0.15, -0.1) is 0 Å². The van der Waals surface area contributed by atoms with E-state index in [-0.39, 0.29) is 18.3 Å². The van der Waals surface area contributed by atoms with Gasteiger partial charge in [-0.05, 0) is 58.0 Å². The number of aryl methyl sites for hydroxylation is 1. The summed E-state index contributed by atoms with van der Waals surface area (Å²) in [5.41, 5.74) is 8.11. The second-order valence-corrected chi connectivity index (χ2v) is 7.76. The molecular formula is C27H25NO3. The molecule has 1 amide bonds. The minimum absolute atomic E-state index is 0.0632. The minimum atomic E-state index is -0.281. The van der Waals surface area contributed by atoms with Gasteiger partial charge < -0.3 is 9.64 Å². The first-order chi connectivity index (χ1) is 14.9. The topological polar surface area (TPSA) is 46.6 Å². The fourth-order valence-electron chi connectivity index (χ4n) is 4.04. The van der Waals surface area contributed by atoms with E-state index in [0.717, 1.165) is 45.5 Å². The highest BCUT2D eigenvalue weighted by molar-refractivity contribution is 6.14. The first-order valence-electron chi connectivity index (χ1n) is 10.3. The van der Waals surface area contributed by atoms with E-state index in [0.29, 0.717) is 5.56 Å². The normalized spacial score (nSPS) is 12.8. The number of amides is 1. The van der Waals surface area contributed by atoms with E-state index in [1.165, 1.54) is 12.7 Å². The molecule has 0 unspecified atom stereocenters. The second-order valence-electron chi connectivity index (χ2n) is 7.76. The smallest absolute Gasteiger partial charge is 0.309 e. The summed E-state index contributed by atoms with van der Waals surface area (Å²) in [5.74, 6) is -0.344. The minimum Gasteiger partial charge on any atom is -0.469 e. The molecule has 0 radical (unpaired) electrons. The molecule has 3 aromatic carbocycles. The van der Waals surface area contributed by atoms with Crippen LogP contribution in [0.4, 0.5) is 5.69 Å². The van der Waals surface area contributed by atoms with Crippen LogP contribution in [0, 0.1) is 0 Å². The van der Waals surface area contributed by atoms with Crippen molar-refractivity contribution in [2.45, 2.75) is 19.8 Å². The first-order valence-corrected chi connectivity index (χ1v) is 10.3. The molecule has 4 heteroatoms. The number of carbonyl (C=O) groups is 2. The van der Waals surface area contributed by atoms with Crippen molar-refractivity contribution in [3.8, 4) is 11.1 Å². The Bertz CT molecular complexity index is 1210. The van der Waals surface area contributed by atoms with Crippen molar-refractivity contribution in [3.05, 3.63) is 95.1 Å². The van der Waals surface area contributed by atoms with E-state index in [1.54, 1.807) is 11.9 Å². The third-order valence-electron chi connectivity index (χ3n) is 5.87. The molecule has 1 aliphatic rings. The van der Waals surface area contributed by atoms with Gasteiger partial charge in [0.2, 0.25) is 0 Å². The summed E-state index contributed by atoms with van der Waals surface area (Å²) in [7, 11) is 3.19. The fraction of sp³-hybridized carbons (Fsp3) is 0.185. The van der Waals surface area contributed by atoms with Crippen LogP contribution in [0.25, 0.3) is 16.7 Å². The van der Waals surface area contributed by atoms with Crippen molar-refractivity contribution in [3.63, 3.8) is 0 Å². The first kappa shape index (κ1) is 20.6. The largest absolute Gasteiger partial charge is 0.469 e. The summed E-state index contributed by atoms with van der Waals surface area (Å²) in [6.45, 7) is 6.45. The number of ether oxygens (including phenoxy) is 1. The Morgan fingerprint density at radius 3 is 2.45 bits per heavy atom. The lowest BCUT2D eigenvalue weighted by molar-refractivity contribution is -0.139. The van der Waals surface area contributed by atoms with Crippen LogP contribution in [0.3, 0.4) is 0 Å². The summed E-state index contributed by atoms with van der Waals surface area (Å²) in [5, 5.41) is 0. The highest BCUT2D eigenvalue weighted by Crippen LogP contribution is 2.38. The van der Waals surface area contributed by atoms with Crippen LogP contribution >= 0.6 is 0 Å². The fourth-order valence-corrected chi connectivity index (χ4v) is 4.04. The van der Waals surface area contributed by atoms with Crippen LogP contribution in [-0.2, 0) is 22.4 Å². The van der Waals surface area contributed by atoms with Gasteiger partial charge in [-0.2, -0.15) is 0 Å². The molecule has 4 nitrogen and oxygen atoms in total. The standard InChI is InChI=1S/C27H25NO3/c1-5-18-9-12-25-23(14-18)17(2)22-11-10-21(16-24(22)27(30)28(25)3)20-8-6-7-19(13-20)15-26(29)31-4/h6-14,16H,2,5,15H2,1,3-4H3. The predicted molar refractivity (Wildman–Crippen MR) is 124 cm³/mol. The molecule has 156 valence electrons. The predicted octanol–water partition coefficient (Wildman–Crippen LogP) is 5.28. The molecule has 1 heterocycles. The van der Waals surface area contributed by atoms with Crippen molar-refractivity contribution in [2.24, 2.45) is 0 Å². The van der Waals surface area contributed by atoms with Crippen LogP contribution in [-0.4, -0.2) is 26.0 Å². The maximum Gasteiger partial charge on any atom is 0.309 e. The lowest BCUT2D eigenvalue weighted by Crippen LogP contribution is -2.26. The van der Waals surface area contributed by atoms with Crippen LogP contribution < -0.4 is 4.90 Å². The molecule has 0 spiro atoms. The van der Waals surface area contributed by atoms with Gasteiger partial charge in [-0.25, -0.2) is 0 Å². The molecule has 31 heavy (non-hydrogen) atoms. The van der Waals surface area contributed by atoms with Crippen LogP contribution in [0.1, 0.15) is 39.5 Å². The Hall–Kier alpha value is -3.66. The highest BCUT2D eigenvalue weighted by atomic mass is 16.5. The molecule has 0 saturated carbocycles. The summed E-state index contributed by atoms with van der Waals surface area (Å²) in [6, 6.07) is 19.8. The third kappa shape index (κ3) is 3.77. The monoisotopic (exact) mass is 411 g/mol. The van der Waals surface area contributed by atoms with Crippen molar-refractivity contribution < 1.29 is 14.3 Å². The van der Waals surface area contributed by atoms with Crippen molar-refractivity contribution in [2.75, 3.05) is 19.1 Å². The molecule has 0 aromatic heterocycles. The number of hydrogen-bond donors (Lipinski definition) is 0. The number of benzene rings is 3. The van der Waals surface area contributed by atoms with E-state index < -0.39 is 0 Å². The van der Waals surface area contributed by atoms with Gasteiger partial charge in [-0.1, -0.05) is 56.0 Å². The van der Waals surface area contributed by atoms with E-state index in [4.69, 9.17) is 4.74 Å². The van der Waals surface area contributed by atoms with Gasteiger partial charge in [-0.3, -0.25) is 9.59 Å². The molecule has 0 bridgehead atoms. The lowest BCUT2D eigenvalue weighted by atomic mass is 9.91. The van der Waals surface area contributed by atoms with Crippen LogP contribution in [0.15, 0.2) is 67.2 Å². The number of nitrogens with zero attached hydrogens (tertiary/aromatic N) is 1. The average Bonchev–Trinajstić information content (AvgIpc) is 2.88. The van der Waals surface area contributed by atoms with E-state index in [9.17, 15) is 9.59 Å². The van der Waals surface area contributed by atoms with Gasteiger partial charge >= 0.3 is 5.97 Å². The van der Waals surface area contributed by atoms with E-state index >= 15 is 0 Å². The molecule has 1 aliphatic heterocycles. The molecule has 0 N–H and O–H groups in total. The van der Waals surface area contributed by atoms with Crippen molar-refractivity contribution >= 4 is 23.1 Å². The second kappa shape index (κ2) is 8.23. The Kier molecular flexibility index (Phi) is 5.47. The number of esters is 1. The average molecular weight is 412 g/mol. The van der Waals surface area contributed by atoms with E-state index in [1.807, 2.05) is 48.5 Å². The zero-order valence-corrected chi connectivity index (χ0v) is 18.1. The van der Waals surface area contributed by atoms with Gasteiger partial charge in [0.25, 0.3) is 5.91 Å². The molecule has 0 atom stereocenters. The number of rotatable bonds is 4. The van der Waals surface area contributed by atoms with E-state index in [2.05, 4.69) is 25.6 Å². The molecule has 3 aromatic rings. The van der Waals surface area contributed by atoms with Crippen molar-refractivity contribution in [1.82, 2.24) is 0 Å². The van der Waals surface area contributed by atoms with Crippen molar-refractivity contribution in [1.29, 1.82) is 0 Å². The summed E-state index contributed by atoms with van der Waals surface area (Å²) < 4.78 is 4.77. The van der Waals surface area contributed by atoms with Gasteiger partial charge in [0.05, 0.1) is 19.2 Å². The molecule has 0 aliphatic carbocycles. The quantitative estimate of drug-likeness (QED) is 0.549. The lowest BCUT2D eigenvalue weighted by Gasteiger charge is -2.18. The summed E-state index contributed by atoms with van der Waals surface area (Å²) in [6.07, 6.45) is 1.13. The number of carbonyl (C=O) groups excluding carboxylic acids is 2. The highest BCUT2D eigenvalue weighted by Gasteiger charge is 2.27. The molecule has 4 rings (SSSR count). The zero-order valence-electron chi connectivity index (χ0n) is 18.1. The van der Waals surface area contributed by atoms with Crippen LogP contribution in [0.5, 0.6) is 0 Å². The third-order valence-corrected chi connectivity index (χ3v) is 5.87. The molecule has 0 saturated heterocycles. The van der Waals surface area contributed by atoms with Gasteiger partial charge in [0.1, 0.15) is 0 Å². The number of hydrogen-bond acceptors (Lipinski definition) is 3. The summed E-state index contributed by atoms with van der Waals surface area (Å²) >= 11 is 0. The Balaban J connectivity index is 1.79. The van der Waals surface area contributed by atoms with Gasteiger partial charge in [0.15, 0.2) is 0 Å². The van der Waals surface area contributed by atoms with Gasteiger partial charge in [0, 0.05) is 18.2 Å². The molecular weight excluding hydrogens is 386 g/mol. The number of methoxy groups -OCH3 is 1. The SMILES string of the molecule is C=C1c2ccc(-c3cccc(CC(=O)OC)c3)cc2C(=O)N(C)c2ccc(CC)cc21. The maximum absolute atomic E-state index is 13.4. The Labute approximate surface area is 182 Å². The number of anilines is 1. The molecule has 0 fully saturated rings. The summed E-state index contributed by atoms with van der Waals surface area (Å²) in [4.78, 5) is 26.7. The Morgan fingerprint density at radius 1 is 0.935 bits per heavy atom.